The zero-order chi connectivity index (χ0) is 20.2. The van der Waals surface area contributed by atoms with Gasteiger partial charge in [0.2, 0.25) is 0 Å². The Morgan fingerprint density at radius 2 is 1.90 bits per heavy atom. The van der Waals surface area contributed by atoms with E-state index >= 15 is 0 Å². The first-order valence-electron chi connectivity index (χ1n) is 9.65. The summed E-state index contributed by atoms with van der Waals surface area (Å²) in [6.45, 7) is 2.77. The molecule has 0 saturated carbocycles. The van der Waals surface area contributed by atoms with Crippen molar-refractivity contribution < 1.29 is 17.6 Å². The number of sulfone groups is 1. The Morgan fingerprint density at radius 1 is 1.10 bits per heavy atom. The maximum atomic E-state index is 12.9. The Bertz CT molecular complexity index is 1260. The molecule has 5 rings (SSSR count). The maximum absolute atomic E-state index is 12.9. The van der Waals surface area contributed by atoms with Crippen molar-refractivity contribution in [3.8, 4) is 16.9 Å². The van der Waals surface area contributed by atoms with Crippen LogP contribution in [0, 0.1) is 6.92 Å². The maximum Gasteiger partial charge on any atom is 0.344 e. The van der Waals surface area contributed by atoms with E-state index in [9.17, 15) is 13.2 Å². The number of benzene rings is 2. The van der Waals surface area contributed by atoms with Crippen molar-refractivity contribution in [3.63, 3.8) is 0 Å². The van der Waals surface area contributed by atoms with E-state index in [4.69, 9.17) is 9.15 Å². The summed E-state index contributed by atoms with van der Waals surface area (Å²) in [5.74, 6) is 1.05. The Kier molecular flexibility index (Phi) is 4.26. The van der Waals surface area contributed by atoms with Crippen LogP contribution in [0.2, 0.25) is 0 Å². The molecular formula is C22H21NO5S. The minimum atomic E-state index is -2.99. The van der Waals surface area contributed by atoms with Gasteiger partial charge < -0.3 is 9.15 Å². The predicted molar refractivity (Wildman–Crippen MR) is 111 cm³/mol. The van der Waals surface area contributed by atoms with Gasteiger partial charge in [-0.1, -0.05) is 30.3 Å². The summed E-state index contributed by atoms with van der Waals surface area (Å²) in [4.78, 5) is 14.9. The first kappa shape index (κ1) is 18.4. The summed E-state index contributed by atoms with van der Waals surface area (Å²) < 4.78 is 35.4. The van der Waals surface area contributed by atoms with Gasteiger partial charge in [-0.05, 0) is 36.6 Å². The van der Waals surface area contributed by atoms with Crippen LogP contribution in [0.25, 0.3) is 22.1 Å². The van der Waals surface area contributed by atoms with Crippen LogP contribution in [-0.2, 0) is 16.4 Å². The highest BCUT2D eigenvalue weighted by molar-refractivity contribution is 7.91. The van der Waals surface area contributed by atoms with Gasteiger partial charge in [0.05, 0.1) is 22.6 Å². The van der Waals surface area contributed by atoms with E-state index in [0.29, 0.717) is 36.6 Å². The standard InChI is InChI=1S/C22H21NO5S/c1-14-17-7-8-19-18(11-23(13-27-19)16-9-10-29(25,26)12-16)21(17)28-22(24)20(14)15-5-3-2-4-6-15/h2-8,16H,9-13H2,1H3. The number of rotatable bonds is 2. The summed E-state index contributed by atoms with van der Waals surface area (Å²) >= 11 is 0. The number of hydrogen-bond acceptors (Lipinski definition) is 6. The van der Waals surface area contributed by atoms with E-state index in [1.807, 2.05) is 54.3 Å². The molecule has 0 bridgehead atoms. The van der Waals surface area contributed by atoms with Gasteiger partial charge in [0.25, 0.3) is 0 Å². The highest BCUT2D eigenvalue weighted by Crippen LogP contribution is 2.36. The molecule has 2 aromatic carbocycles. The molecule has 2 aliphatic heterocycles. The van der Waals surface area contributed by atoms with Crippen LogP contribution in [-0.4, -0.2) is 37.6 Å². The fraction of sp³-hybridized carbons (Fsp3) is 0.318. The molecule has 0 spiro atoms. The molecule has 7 heteroatoms. The largest absolute Gasteiger partial charge is 0.478 e. The molecule has 2 aliphatic rings. The van der Waals surface area contributed by atoms with Crippen molar-refractivity contribution in [1.82, 2.24) is 4.90 Å². The second-order valence-corrected chi connectivity index (χ2v) is 9.98. The molecule has 3 heterocycles. The minimum Gasteiger partial charge on any atom is -0.478 e. The lowest BCUT2D eigenvalue weighted by Gasteiger charge is -2.33. The highest BCUT2D eigenvalue weighted by Gasteiger charge is 2.35. The van der Waals surface area contributed by atoms with Gasteiger partial charge in [-0.3, -0.25) is 4.90 Å². The van der Waals surface area contributed by atoms with Crippen LogP contribution >= 0.6 is 0 Å². The summed E-state index contributed by atoms with van der Waals surface area (Å²) in [7, 11) is -2.99. The molecule has 150 valence electrons. The topological polar surface area (TPSA) is 76.8 Å². The highest BCUT2D eigenvalue weighted by atomic mass is 32.2. The van der Waals surface area contributed by atoms with E-state index < -0.39 is 9.84 Å². The van der Waals surface area contributed by atoms with Gasteiger partial charge in [-0.25, -0.2) is 13.2 Å². The Hall–Kier alpha value is -2.64. The number of ether oxygens (including phenoxy) is 1. The Balaban J connectivity index is 1.61. The smallest absolute Gasteiger partial charge is 0.344 e. The molecule has 1 aromatic heterocycles. The van der Waals surface area contributed by atoms with Crippen molar-refractivity contribution in [2.45, 2.75) is 25.9 Å². The molecule has 0 radical (unpaired) electrons. The zero-order valence-electron chi connectivity index (χ0n) is 16.1. The minimum absolute atomic E-state index is 0.0696. The molecule has 0 N–H and O–H groups in total. The molecule has 0 amide bonds. The zero-order valence-corrected chi connectivity index (χ0v) is 16.9. The molecule has 1 atom stereocenters. The van der Waals surface area contributed by atoms with E-state index in [1.54, 1.807) is 0 Å². The lowest BCUT2D eigenvalue weighted by molar-refractivity contribution is 0.0649. The van der Waals surface area contributed by atoms with Crippen molar-refractivity contribution in [2.75, 3.05) is 18.2 Å². The van der Waals surface area contributed by atoms with E-state index in [1.165, 1.54) is 0 Å². The van der Waals surface area contributed by atoms with E-state index in [-0.39, 0.29) is 23.2 Å². The molecule has 1 saturated heterocycles. The molecule has 29 heavy (non-hydrogen) atoms. The predicted octanol–water partition coefficient (Wildman–Crippen LogP) is 3.11. The third-order valence-electron chi connectivity index (χ3n) is 5.93. The number of fused-ring (bicyclic) bond motifs is 3. The molecule has 1 fully saturated rings. The summed E-state index contributed by atoms with van der Waals surface area (Å²) in [6.07, 6.45) is 0.604. The van der Waals surface area contributed by atoms with Crippen molar-refractivity contribution in [3.05, 3.63) is 64.0 Å². The van der Waals surface area contributed by atoms with Crippen LogP contribution in [0.15, 0.2) is 51.7 Å². The van der Waals surface area contributed by atoms with E-state index in [2.05, 4.69) is 0 Å². The first-order chi connectivity index (χ1) is 13.9. The Labute approximate surface area is 168 Å². The van der Waals surface area contributed by atoms with Crippen LogP contribution in [0.4, 0.5) is 0 Å². The van der Waals surface area contributed by atoms with Gasteiger partial charge >= 0.3 is 5.63 Å². The lowest BCUT2D eigenvalue weighted by Crippen LogP contribution is -2.41. The molecule has 1 unspecified atom stereocenters. The third kappa shape index (κ3) is 3.14. The fourth-order valence-corrected chi connectivity index (χ4v) is 6.14. The second kappa shape index (κ2) is 6.71. The average Bonchev–Trinajstić information content (AvgIpc) is 3.08. The molecule has 0 aliphatic carbocycles. The van der Waals surface area contributed by atoms with Crippen LogP contribution in [0.1, 0.15) is 17.5 Å². The average molecular weight is 411 g/mol. The Morgan fingerprint density at radius 3 is 2.62 bits per heavy atom. The van der Waals surface area contributed by atoms with E-state index in [0.717, 1.165) is 22.1 Å². The lowest BCUT2D eigenvalue weighted by atomic mass is 9.97. The molecule has 6 nitrogen and oxygen atoms in total. The fourth-order valence-electron chi connectivity index (χ4n) is 4.38. The van der Waals surface area contributed by atoms with Gasteiger partial charge in [0.15, 0.2) is 9.84 Å². The SMILES string of the molecule is Cc1c(-c2ccccc2)c(=O)oc2c3c(ccc12)OCN(C1CCS(=O)(=O)C1)C3. The van der Waals surface area contributed by atoms with Crippen molar-refractivity contribution in [2.24, 2.45) is 0 Å². The van der Waals surface area contributed by atoms with Crippen molar-refractivity contribution in [1.29, 1.82) is 0 Å². The van der Waals surface area contributed by atoms with Gasteiger partial charge in [-0.2, -0.15) is 0 Å². The number of aryl methyl sites for hydroxylation is 1. The molecule has 3 aromatic rings. The molecular weight excluding hydrogens is 390 g/mol. The van der Waals surface area contributed by atoms with Gasteiger partial charge in [0, 0.05) is 18.0 Å². The summed E-state index contributed by atoms with van der Waals surface area (Å²) in [5.41, 5.74) is 3.20. The van der Waals surface area contributed by atoms with Crippen molar-refractivity contribution >= 4 is 20.8 Å². The summed E-state index contributed by atoms with van der Waals surface area (Å²) in [6, 6.07) is 13.3. The number of hydrogen-bond donors (Lipinski definition) is 0. The van der Waals surface area contributed by atoms with Gasteiger partial charge in [0.1, 0.15) is 18.1 Å². The number of nitrogens with zero attached hydrogens (tertiary/aromatic N) is 1. The quantitative estimate of drug-likeness (QED) is 0.603. The second-order valence-electron chi connectivity index (χ2n) is 7.75. The van der Waals surface area contributed by atoms with Crippen LogP contribution in [0.5, 0.6) is 5.75 Å². The normalized spacial score (nSPS) is 21.1. The monoisotopic (exact) mass is 411 g/mol. The first-order valence-corrected chi connectivity index (χ1v) is 11.5. The third-order valence-corrected chi connectivity index (χ3v) is 7.68. The van der Waals surface area contributed by atoms with Crippen LogP contribution in [0.3, 0.4) is 0 Å². The van der Waals surface area contributed by atoms with Crippen LogP contribution < -0.4 is 10.4 Å². The van der Waals surface area contributed by atoms with Gasteiger partial charge in [-0.15, -0.1) is 0 Å². The summed E-state index contributed by atoms with van der Waals surface area (Å²) in [5, 5.41) is 0.867.